The van der Waals surface area contributed by atoms with Crippen molar-refractivity contribution in [1.29, 1.82) is 0 Å². The average molecular weight is 398 g/mol. The van der Waals surface area contributed by atoms with Crippen molar-refractivity contribution in [2.75, 3.05) is 5.75 Å². The minimum atomic E-state index is -3.70. The van der Waals surface area contributed by atoms with E-state index in [-0.39, 0.29) is 21.9 Å². The first kappa shape index (κ1) is 20.4. The van der Waals surface area contributed by atoms with Crippen molar-refractivity contribution in [2.45, 2.75) is 33.1 Å². The monoisotopic (exact) mass is 397 g/mol. The Bertz CT molecular complexity index is 950. The van der Waals surface area contributed by atoms with Crippen LogP contribution in [0.1, 0.15) is 43.6 Å². The smallest absolute Gasteiger partial charge is 0.264 e. The van der Waals surface area contributed by atoms with E-state index in [9.17, 15) is 13.2 Å². The number of hydrogen-bond acceptors (Lipinski definition) is 3. The maximum absolute atomic E-state index is 15.0. The Morgan fingerprint density at radius 2 is 1.81 bits per heavy atom. The molecule has 0 spiro atoms. The highest BCUT2D eigenvalue weighted by Crippen LogP contribution is 2.35. The highest BCUT2D eigenvalue weighted by atomic mass is 35.5. The summed E-state index contributed by atoms with van der Waals surface area (Å²) in [6.07, 6.45) is 0. The standard InChI is InChI=1S/C19H21ClFNO3S/c1-5-26(24,25)22-18(23)12-9-10-16(20)14(11-12)13-7-6-8-15(17(13)21)19(2,3)4/h6-11H,5H2,1-4H3,(H,22,23). The zero-order valence-corrected chi connectivity index (χ0v) is 16.6. The van der Waals surface area contributed by atoms with E-state index < -0.39 is 27.2 Å². The van der Waals surface area contributed by atoms with Crippen molar-refractivity contribution in [3.8, 4) is 11.1 Å². The van der Waals surface area contributed by atoms with Gasteiger partial charge in [0.15, 0.2) is 0 Å². The van der Waals surface area contributed by atoms with Crippen LogP contribution >= 0.6 is 11.6 Å². The number of halogens is 2. The molecule has 26 heavy (non-hydrogen) atoms. The fourth-order valence-electron chi connectivity index (χ4n) is 2.46. The number of sulfonamides is 1. The van der Waals surface area contributed by atoms with Crippen molar-refractivity contribution in [1.82, 2.24) is 4.72 Å². The van der Waals surface area contributed by atoms with Gasteiger partial charge >= 0.3 is 0 Å². The van der Waals surface area contributed by atoms with Gasteiger partial charge in [-0.3, -0.25) is 4.79 Å². The second kappa shape index (κ2) is 7.37. The normalized spacial score (nSPS) is 12.1. The molecule has 2 rings (SSSR count). The molecule has 0 saturated heterocycles. The summed E-state index contributed by atoms with van der Waals surface area (Å²) in [5, 5.41) is 0.268. The number of carbonyl (C=O) groups excluding carboxylic acids is 1. The van der Waals surface area contributed by atoms with E-state index in [2.05, 4.69) is 0 Å². The van der Waals surface area contributed by atoms with Crippen molar-refractivity contribution in [3.63, 3.8) is 0 Å². The zero-order chi connectivity index (χ0) is 19.7. The van der Waals surface area contributed by atoms with E-state index in [0.717, 1.165) is 0 Å². The summed E-state index contributed by atoms with van der Waals surface area (Å²) in [6, 6.07) is 9.26. The molecule has 0 bridgehead atoms. The molecule has 0 unspecified atom stereocenters. The van der Waals surface area contributed by atoms with Gasteiger partial charge in [-0.2, -0.15) is 0 Å². The van der Waals surface area contributed by atoms with E-state index in [0.29, 0.717) is 11.1 Å². The Hall–Kier alpha value is -1.92. The van der Waals surface area contributed by atoms with Crippen LogP contribution in [0.2, 0.25) is 5.02 Å². The Morgan fingerprint density at radius 3 is 2.38 bits per heavy atom. The summed E-state index contributed by atoms with van der Waals surface area (Å²) in [4.78, 5) is 12.2. The lowest BCUT2D eigenvalue weighted by Gasteiger charge is -2.21. The molecule has 0 aliphatic heterocycles. The summed E-state index contributed by atoms with van der Waals surface area (Å²) in [6.45, 7) is 7.12. The molecule has 4 nitrogen and oxygen atoms in total. The molecular formula is C19H21ClFNO3S. The average Bonchev–Trinajstić information content (AvgIpc) is 2.54. The molecule has 0 aliphatic carbocycles. The Labute approximate surface area is 158 Å². The van der Waals surface area contributed by atoms with Crippen molar-refractivity contribution in [3.05, 3.63) is 58.4 Å². The lowest BCUT2D eigenvalue weighted by molar-refractivity contribution is 0.0981. The van der Waals surface area contributed by atoms with Crippen LogP contribution in [0.4, 0.5) is 4.39 Å². The van der Waals surface area contributed by atoms with Gasteiger partial charge in [0.05, 0.1) is 5.75 Å². The van der Waals surface area contributed by atoms with Crippen LogP contribution in [0.15, 0.2) is 36.4 Å². The fourth-order valence-corrected chi connectivity index (χ4v) is 3.23. The number of carbonyl (C=O) groups is 1. The maximum Gasteiger partial charge on any atom is 0.264 e. The summed E-state index contributed by atoms with van der Waals surface area (Å²) < 4.78 is 40.2. The summed E-state index contributed by atoms with van der Waals surface area (Å²) in [7, 11) is -3.70. The van der Waals surface area contributed by atoms with Gasteiger partial charge in [0.1, 0.15) is 5.82 Å². The van der Waals surface area contributed by atoms with Crippen molar-refractivity contribution >= 4 is 27.5 Å². The van der Waals surface area contributed by atoms with Gasteiger partial charge in [0.2, 0.25) is 10.0 Å². The molecule has 1 N–H and O–H groups in total. The Balaban J connectivity index is 2.54. The minimum absolute atomic E-state index is 0.0852. The van der Waals surface area contributed by atoms with E-state index in [4.69, 9.17) is 11.6 Å². The van der Waals surface area contributed by atoms with Gasteiger partial charge < -0.3 is 0 Å². The highest BCUT2D eigenvalue weighted by molar-refractivity contribution is 7.90. The van der Waals surface area contributed by atoms with Crippen LogP contribution in [-0.4, -0.2) is 20.1 Å². The largest absolute Gasteiger partial charge is 0.268 e. The van der Waals surface area contributed by atoms with Crippen LogP contribution in [0.25, 0.3) is 11.1 Å². The SMILES string of the molecule is CCS(=O)(=O)NC(=O)c1ccc(Cl)c(-c2cccc(C(C)(C)C)c2F)c1. The van der Waals surface area contributed by atoms with E-state index in [1.807, 2.05) is 25.5 Å². The second-order valence-corrected chi connectivity index (χ2v) is 9.36. The molecule has 0 aliphatic rings. The van der Waals surface area contributed by atoms with Gasteiger partial charge in [0.25, 0.3) is 5.91 Å². The Morgan fingerprint density at radius 1 is 1.15 bits per heavy atom. The van der Waals surface area contributed by atoms with Crippen LogP contribution in [0.3, 0.4) is 0 Å². The van der Waals surface area contributed by atoms with Gasteiger partial charge in [-0.25, -0.2) is 17.5 Å². The number of nitrogens with one attached hydrogen (secondary N) is 1. The molecule has 7 heteroatoms. The van der Waals surface area contributed by atoms with Crippen LogP contribution in [0.5, 0.6) is 0 Å². The molecule has 0 heterocycles. The molecule has 140 valence electrons. The van der Waals surface area contributed by atoms with Crippen LogP contribution < -0.4 is 4.72 Å². The first-order chi connectivity index (χ1) is 12.0. The second-order valence-electron chi connectivity index (χ2n) is 6.95. The lowest BCUT2D eigenvalue weighted by atomic mass is 9.84. The minimum Gasteiger partial charge on any atom is -0.268 e. The predicted octanol–water partition coefficient (Wildman–Crippen LogP) is 4.52. The Kier molecular flexibility index (Phi) is 5.78. The van der Waals surface area contributed by atoms with Crippen molar-refractivity contribution < 1.29 is 17.6 Å². The van der Waals surface area contributed by atoms with E-state index >= 15 is 4.39 Å². The van der Waals surface area contributed by atoms with Gasteiger partial charge in [-0.1, -0.05) is 50.6 Å². The first-order valence-electron chi connectivity index (χ1n) is 8.10. The quantitative estimate of drug-likeness (QED) is 0.824. The van der Waals surface area contributed by atoms with Crippen molar-refractivity contribution in [2.24, 2.45) is 0 Å². The fraction of sp³-hybridized carbons (Fsp3) is 0.316. The van der Waals surface area contributed by atoms with Gasteiger partial charge in [-0.15, -0.1) is 0 Å². The number of rotatable bonds is 4. The summed E-state index contributed by atoms with van der Waals surface area (Å²) in [5.74, 6) is -1.42. The molecule has 0 atom stereocenters. The number of hydrogen-bond donors (Lipinski definition) is 1. The molecule has 0 fully saturated rings. The molecule has 0 radical (unpaired) electrons. The van der Waals surface area contributed by atoms with Crippen LogP contribution in [0, 0.1) is 5.82 Å². The summed E-state index contributed by atoms with van der Waals surface area (Å²) >= 11 is 6.22. The molecule has 2 aromatic carbocycles. The lowest BCUT2D eigenvalue weighted by Crippen LogP contribution is -2.31. The third-order valence-corrected chi connectivity index (χ3v) is 5.54. The van der Waals surface area contributed by atoms with Gasteiger partial charge in [-0.05, 0) is 36.1 Å². The highest BCUT2D eigenvalue weighted by Gasteiger charge is 2.22. The van der Waals surface area contributed by atoms with E-state index in [1.165, 1.54) is 25.1 Å². The third-order valence-electron chi connectivity index (χ3n) is 3.95. The number of amides is 1. The summed E-state index contributed by atoms with van der Waals surface area (Å²) in [5.41, 5.74) is 0.792. The zero-order valence-electron chi connectivity index (χ0n) is 15.1. The maximum atomic E-state index is 15.0. The molecule has 1 amide bonds. The number of benzene rings is 2. The van der Waals surface area contributed by atoms with Crippen LogP contribution in [-0.2, 0) is 15.4 Å². The van der Waals surface area contributed by atoms with E-state index in [1.54, 1.807) is 18.2 Å². The third kappa shape index (κ3) is 4.43. The predicted molar refractivity (Wildman–Crippen MR) is 102 cm³/mol. The molecule has 2 aromatic rings. The molecule has 0 aromatic heterocycles. The molecular weight excluding hydrogens is 377 g/mol. The molecule has 0 saturated carbocycles. The first-order valence-corrected chi connectivity index (χ1v) is 10.1. The topological polar surface area (TPSA) is 63.2 Å². The van der Waals surface area contributed by atoms with Gasteiger partial charge in [0, 0.05) is 21.7 Å².